The van der Waals surface area contributed by atoms with E-state index in [1.165, 1.54) is 4.57 Å². The van der Waals surface area contributed by atoms with Gasteiger partial charge in [-0.2, -0.15) is 0 Å². The van der Waals surface area contributed by atoms with Gasteiger partial charge in [0.2, 0.25) is 5.78 Å². The van der Waals surface area contributed by atoms with E-state index in [0.717, 1.165) is 18.4 Å². The van der Waals surface area contributed by atoms with Gasteiger partial charge in [-0.15, -0.1) is 10.2 Å². The number of aliphatic hydroxyl groups is 1. The standard InChI is InChI=1S/C23H24N6O3/c1-27-21(31)17-9-3-5-11-19(17)29-20(25-26-23(27)29)13-24-18-10-4-2-8-16(18)22(32)28-12-6-7-15(30)14-28/h2-5,8-11,15,24,30H,6-7,12-14H2,1H3. The van der Waals surface area contributed by atoms with Crippen LogP contribution in [0.15, 0.2) is 53.3 Å². The number of para-hydroxylation sites is 2. The Morgan fingerprint density at radius 3 is 2.78 bits per heavy atom. The SMILES string of the molecule is Cn1c(=O)c2ccccc2n2c(CNc3ccccc3C(=O)N3CCCC(O)C3)nnc12. The quantitative estimate of drug-likeness (QED) is 0.510. The average Bonchev–Trinajstić information content (AvgIpc) is 3.25. The lowest BCUT2D eigenvalue weighted by molar-refractivity contribution is 0.0474. The smallest absolute Gasteiger partial charge is 0.262 e. The van der Waals surface area contributed by atoms with Crippen molar-refractivity contribution in [1.82, 2.24) is 24.1 Å². The molecule has 9 nitrogen and oxygen atoms in total. The minimum Gasteiger partial charge on any atom is -0.391 e. The van der Waals surface area contributed by atoms with Crippen molar-refractivity contribution in [2.75, 3.05) is 18.4 Å². The zero-order chi connectivity index (χ0) is 22.2. The number of fused-ring (bicyclic) bond motifs is 3. The summed E-state index contributed by atoms with van der Waals surface area (Å²) >= 11 is 0. The third-order valence-corrected chi connectivity index (χ3v) is 5.97. The summed E-state index contributed by atoms with van der Waals surface area (Å²) in [5.74, 6) is 0.977. The predicted octanol–water partition coefficient (Wildman–Crippen LogP) is 1.79. The highest BCUT2D eigenvalue weighted by atomic mass is 16.3. The van der Waals surface area contributed by atoms with Crippen molar-refractivity contribution in [3.05, 3.63) is 70.3 Å². The molecule has 5 rings (SSSR count). The van der Waals surface area contributed by atoms with Gasteiger partial charge >= 0.3 is 0 Å². The van der Waals surface area contributed by atoms with Crippen LogP contribution in [0.4, 0.5) is 5.69 Å². The maximum atomic E-state index is 13.1. The van der Waals surface area contributed by atoms with E-state index in [0.29, 0.717) is 47.9 Å². The van der Waals surface area contributed by atoms with E-state index in [1.54, 1.807) is 24.1 Å². The number of piperidine rings is 1. The summed E-state index contributed by atoms with van der Waals surface area (Å²) in [5.41, 5.74) is 1.84. The number of amides is 1. The number of benzene rings is 2. The summed E-state index contributed by atoms with van der Waals surface area (Å²) < 4.78 is 3.34. The molecule has 0 spiro atoms. The van der Waals surface area contributed by atoms with Crippen molar-refractivity contribution < 1.29 is 9.90 Å². The van der Waals surface area contributed by atoms with E-state index in [4.69, 9.17) is 0 Å². The first-order valence-electron chi connectivity index (χ1n) is 10.7. The largest absolute Gasteiger partial charge is 0.391 e. The first kappa shape index (κ1) is 20.2. The van der Waals surface area contributed by atoms with Crippen LogP contribution in [-0.4, -0.2) is 54.3 Å². The number of carbonyl (C=O) groups excluding carboxylic acids is 1. The van der Waals surface area contributed by atoms with Crippen LogP contribution >= 0.6 is 0 Å². The Kier molecular flexibility index (Phi) is 5.10. The van der Waals surface area contributed by atoms with Crippen LogP contribution in [0.5, 0.6) is 0 Å². The lowest BCUT2D eigenvalue weighted by atomic mass is 10.1. The normalized spacial score (nSPS) is 16.6. The molecule has 1 saturated heterocycles. The number of likely N-dealkylation sites (tertiary alicyclic amines) is 1. The molecule has 0 bridgehead atoms. The molecule has 1 amide bonds. The number of rotatable bonds is 4. The van der Waals surface area contributed by atoms with Gasteiger partial charge in [0.25, 0.3) is 11.5 Å². The summed E-state index contributed by atoms with van der Waals surface area (Å²) in [4.78, 5) is 27.4. The Labute approximate surface area is 183 Å². The molecule has 1 atom stereocenters. The lowest BCUT2D eigenvalue weighted by Crippen LogP contribution is -2.42. The van der Waals surface area contributed by atoms with E-state index in [9.17, 15) is 14.7 Å². The maximum Gasteiger partial charge on any atom is 0.262 e. The molecule has 4 aromatic rings. The maximum absolute atomic E-state index is 13.1. The highest BCUT2D eigenvalue weighted by Gasteiger charge is 2.24. The summed E-state index contributed by atoms with van der Waals surface area (Å²) in [6, 6.07) is 14.7. The summed E-state index contributed by atoms with van der Waals surface area (Å²) in [5, 5.41) is 22.4. The van der Waals surface area contributed by atoms with Crippen molar-refractivity contribution in [3.8, 4) is 0 Å². The second-order valence-corrected chi connectivity index (χ2v) is 8.08. The van der Waals surface area contributed by atoms with E-state index in [-0.39, 0.29) is 11.5 Å². The third-order valence-electron chi connectivity index (χ3n) is 5.97. The van der Waals surface area contributed by atoms with Crippen LogP contribution < -0.4 is 10.9 Å². The highest BCUT2D eigenvalue weighted by molar-refractivity contribution is 5.99. The van der Waals surface area contributed by atoms with Crippen molar-refractivity contribution in [3.63, 3.8) is 0 Å². The topological polar surface area (TPSA) is 105 Å². The van der Waals surface area contributed by atoms with E-state index in [2.05, 4.69) is 15.5 Å². The van der Waals surface area contributed by atoms with Gasteiger partial charge in [-0.1, -0.05) is 24.3 Å². The van der Waals surface area contributed by atoms with Crippen LogP contribution in [0.25, 0.3) is 16.7 Å². The monoisotopic (exact) mass is 432 g/mol. The van der Waals surface area contributed by atoms with Gasteiger partial charge < -0.3 is 15.3 Å². The number of hydrogen-bond donors (Lipinski definition) is 2. The average molecular weight is 432 g/mol. The number of nitrogens with one attached hydrogen (secondary N) is 1. The molecule has 164 valence electrons. The van der Waals surface area contributed by atoms with Gasteiger partial charge in [-0.25, -0.2) is 0 Å². The van der Waals surface area contributed by atoms with Gasteiger partial charge in [0.05, 0.1) is 29.1 Å². The van der Waals surface area contributed by atoms with Crippen LogP contribution in [0.3, 0.4) is 0 Å². The molecule has 1 aliphatic rings. The number of anilines is 1. The van der Waals surface area contributed by atoms with Crippen molar-refractivity contribution >= 4 is 28.3 Å². The second-order valence-electron chi connectivity index (χ2n) is 8.08. The number of β-amino-alcohol motifs (C(OH)–C–C–N with tert-alkyl or cyclic N) is 1. The Bertz CT molecular complexity index is 1380. The Hall–Kier alpha value is -3.72. The van der Waals surface area contributed by atoms with Crippen molar-refractivity contribution in [1.29, 1.82) is 0 Å². The molecular formula is C23H24N6O3. The molecular weight excluding hydrogens is 408 g/mol. The van der Waals surface area contributed by atoms with Crippen molar-refractivity contribution in [2.45, 2.75) is 25.5 Å². The van der Waals surface area contributed by atoms with Gasteiger partial charge in [-0.3, -0.25) is 18.6 Å². The Morgan fingerprint density at radius 1 is 1.16 bits per heavy atom. The van der Waals surface area contributed by atoms with Crippen molar-refractivity contribution in [2.24, 2.45) is 7.05 Å². The Morgan fingerprint density at radius 2 is 1.94 bits per heavy atom. The second kappa shape index (κ2) is 8.08. The van der Waals surface area contributed by atoms with Crippen LogP contribution in [0, 0.1) is 0 Å². The number of carbonyl (C=O) groups is 1. The number of aliphatic hydroxyl groups excluding tert-OH is 1. The molecule has 3 heterocycles. The molecule has 1 aliphatic heterocycles. The predicted molar refractivity (Wildman–Crippen MR) is 121 cm³/mol. The summed E-state index contributed by atoms with van der Waals surface area (Å²) in [7, 11) is 1.68. The van der Waals surface area contributed by atoms with Crippen LogP contribution in [0.1, 0.15) is 29.0 Å². The molecule has 2 aromatic heterocycles. The number of aromatic nitrogens is 4. The van der Waals surface area contributed by atoms with Gasteiger partial charge in [0.1, 0.15) is 0 Å². The number of aryl methyl sites for hydroxylation is 1. The van der Waals surface area contributed by atoms with Crippen LogP contribution in [0.2, 0.25) is 0 Å². The van der Waals surface area contributed by atoms with Gasteiger partial charge in [-0.05, 0) is 37.1 Å². The molecule has 2 aromatic carbocycles. The molecule has 0 aliphatic carbocycles. The molecule has 0 saturated carbocycles. The zero-order valence-electron chi connectivity index (χ0n) is 17.7. The van der Waals surface area contributed by atoms with E-state index >= 15 is 0 Å². The minimum absolute atomic E-state index is 0.106. The molecule has 1 unspecified atom stereocenters. The lowest BCUT2D eigenvalue weighted by Gasteiger charge is -2.30. The van der Waals surface area contributed by atoms with E-state index < -0.39 is 6.10 Å². The number of nitrogens with zero attached hydrogens (tertiary/aromatic N) is 5. The number of hydrogen-bond acceptors (Lipinski definition) is 6. The first-order chi connectivity index (χ1) is 15.5. The fourth-order valence-electron chi connectivity index (χ4n) is 4.31. The zero-order valence-corrected chi connectivity index (χ0v) is 17.7. The molecule has 1 fully saturated rings. The van der Waals surface area contributed by atoms with Gasteiger partial charge in [0, 0.05) is 25.8 Å². The summed E-state index contributed by atoms with van der Waals surface area (Å²) in [6.45, 7) is 1.30. The Balaban J connectivity index is 1.48. The summed E-state index contributed by atoms with van der Waals surface area (Å²) in [6.07, 6.45) is 1.04. The molecule has 0 radical (unpaired) electrons. The van der Waals surface area contributed by atoms with Gasteiger partial charge in [0.15, 0.2) is 5.82 Å². The van der Waals surface area contributed by atoms with E-state index in [1.807, 2.05) is 40.8 Å². The fraction of sp³-hybridized carbons (Fsp3) is 0.304. The first-order valence-corrected chi connectivity index (χ1v) is 10.7. The molecule has 9 heteroatoms. The fourth-order valence-corrected chi connectivity index (χ4v) is 4.31. The third kappa shape index (κ3) is 3.40. The molecule has 2 N–H and O–H groups in total. The highest BCUT2D eigenvalue weighted by Crippen LogP contribution is 2.21. The van der Waals surface area contributed by atoms with Crippen LogP contribution in [-0.2, 0) is 13.6 Å². The minimum atomic E-state index is -0.477. The molecule has 32 heavy (non-hydrogen) atoms.